The maximum absolute atomic E-state index is 12.9. The van der Waals surface area contributed by atoms with Gasteiger partial charge >= 0.3 is 0 Å². The number of amides is 1. The van der Waals surface area contributed by atoms with Crippen molar-refractivity contribution in [3.05, 3.63) is 24.0 Å². The van der Waals surface area contributed by atoms with Crippen LogP contribution < -0.4 is 5.32 Å². The fourth-order valence-electron chi connectivity index (χ4n) is 2.94. The zero-order valence-electron chi connectivity index (χ0n) is 12.7. The standard InChI is InChI=1S/C16H25N3O/c1-4-9-18-15-8-10-17-11-14(15)16(20)19-12(2)6-5-7-13(19)3/h8,10-13H,4-7,9H2,1-3H3,(H,17,18)/t12-,13+. The summed E-state index contributed by atoms with van der Waals surface area (Å²) < 4.78 is 0. The van der Waals surface area contributed by atoms with Gasteiger partial charge in [0.15, 0.2) is 0 Å². The van der Waals surface area contributed by atoms with Crippen molar-refractivity contribution in [2.45, 2.75) is 58.5 Å². The molecule has 1 aromatic rings. The molecule has 1 aromatic heterocycles. The van der Waals surface area contributed by atoms with Gasteiger partial charge in [-0.1, -0.05) is 6.92 Å². The van der Waals surface area contributed by atoms with Crippen LogP contribution in [0, 0.1) is 0 Å². The minimum Gasteiger partial charge on any atom is -0.384 e. The Labute approximate surface area is 121 Å². The Balaban J connectivity index is 2.23. The van der Waals surface area contributed by atoms with E-state index in [2.05, 4.69) is 31.1 Å². The van der Waals surface area contributed by atoms with Crippen LogP contribution in [0.15, 0.2) is 18.5 Å². The maximum atomic E-state index is 12.9. The van der Waals surface area contributed by atoms with Crippen molar-refractivity contribution in [3.8, 4) is 0 Å². The molecule has 2 rings (SSSR count). The molecular formula is C16H25N3O. The van der Waals surface area contributed by atoms with Crippen molar-refractivity contribution in [2.75, 3.05) is 11.9 Å². The first kappa shape index (κ1) is 14.8. The number of pyridine rings is 1. The van der Waals surface area contributed by atoms with Gasteiger partial charge in [0.25, 0.3) is 5.91 Å². The van der Waals surface area contributed by atoms with Gasteiger partial charge in [0.2, 0.25) is 0 Å². The third-order valence-electron chi connectivity index (χ3n) is 4.04. The average Bonchev–Trinajstić information content (AvgIpc) is 2.45. The summed E-state index contributed by atoms with van der Waals surface area (Å²) in [4.78, 5) is 19.0. The molecule has 0 saturated carbocycles. The number of anilines is 1. The molecule has 1 aliphatic heterocycles. The second-order valence-electron chi connectivity index (χ2n) is 5.69. The predicted molar refractivity (Wildman–Crippen MR) is 82.0 cm³/mol. The molecular weight excluding hydrogens is 250 g/mol. The molecule has 2 atom stereocenters. The van der Waals surface area contributed by atoms with Crippen LogP contribution in [0.3, 0.4) is 0 Å². The number of carbonyl (C=O) groups excluding carboxylic acids is 1. The highest BCUT2D eigenvalue weighted by atomic mass is 16.2. The highest BCUT2D eigenvalue weighted by Gasteiger charge is 2.30. The van der Waals surface area contributed by atoms with Gasteiger partial charge < -0.3 is 10.2 Å². The predicted octanol–water partition coefficient (Wildman–Crippen LogP) is 3.31. The fourth-order valence-corrected chi connectivity index (χ4v) is 2.94. The average molecular weight is 275 g/mol. The van der Waals surface area contributed by atoms with Crippen molar-refractivity contribution in [1.82, 2.24) is 9.88 Å². The molecule has 1 N–H and O–H groups in total. The summed E-state index contributed by atoms with van der Waals surface area (Å²) in [6.45, 7) is 7.27. The molecule has 0 spiro atoms. The SMILES string of the molecule is CCCNc1ccncc1C(=O)N1[C@H](C)CCC[C@@H]1C. The number of carbonyl (C=O) groups is 1. The first-order valence-corrected chi connectivity index (χ1v) is 7.65. The summed E-state index contributed by atoms with van der Waals surface area (Å²) in [6.07, 6.45) is 7.85. The van der Waals surface area contributed by atoms with Crippen LogP contribution in [-0.2, 0) is 0 Å². The van der Waals surface area contributed by atoms with Crippen molar-refractivity contribution in [1.29, 1.82) is 0 Å². The maximum Gasteiger partial charge on any atom is 0.258 e. The van der Waals surface area contributed by atoms with Crippen LogP contribution in [0.2, 0.25) is 0 Å². The minimum absolute atomic E-state index is 0.108. The van der Waals surface area contributed by atoms with E-state index in [0.29, 0.717) is 17.6 Å². The number of rotatable bonds is 4. The van der Waals surface area contributed by atoms with Crippen LogP contribution in [0.25, 0.3) is 0 Å². The first-order valence-electron chi connectivity index (χ1n) is 7.65. The number of aromatic nitrogens is 1. The van der Waals surface area contributed by atoms with E-state index >= 15 is 0 Å². The second-order valence-corrected chi connectivity index (χ2v) is 5.69. The highest BCUT2D eigenvalue weighted by Crippen LogP contribution is 2.26. The smallest absolute Gasteiger partial charge is 0.258 e. The van der Waals surface area contributed by atoms with Gasteiger partial charge in [-0.3, -0.25) is 9.78 Å². The van der Waals surface area contributed by atoms with Crippen LogP contribution in [0.4, 0.5) is 5.69 Å². The van der Waals surface area contributed by atoms with Gasteiger partial charge in [0.1, 0.15) is 0 Å². The monoisotopic (exact) mass is 275 g/mol. The Morgan fingerprint density at radius 3 is 2.75 bits per heavy atom. The Bertz CT molecular complexity index is 451. The number of nitrogens with one attached hydrogen (secondary N) is 1. The van der Waals surface area contributed by atoms with Gasteiger partial charge in [-0.05, 0) is 45.6 Å². The fraction of sp³-hybridized carbons (Fsp3) is 0.625. The normalized spacial score (nSPS) is 22.6. The van der Waals surface area contributed by atoms with Crippen LogP contribution in [-0.4, -0.2) is 34.4 Å². The molecule has 0 bridgehead atoms. The quantitative estimate of drug-likeness (QED) is 0.917. The van der Waals surface area contributed by atoms with E-state index in [1.807, 2.05) is 11.0 Å². The summed E-state index contributed by atoms with van der Waals surface area (Å²) >= 11 is 0. The molecule has 0 aliphatic carbocycles. The Morgan fingerprint density at radius 1 is 1.40 bits per heavy atom. The Morgan fingerprint density at radius 2 is 2.10 bits per heavy atom. The van der Waals surface area contributed by atoms with Crippen molar-refractivity contribution >= 4 is 11.6 Å². The molecule has 20 heavy (non-hydrogen) atoms. The molecule has 4 nitrogen and oxygen atoms in total. The molecule has 0 unspecified atom stereocenters. The third kappa shape index (κ3) is 3.11. The minimum atomic E-state index is 0.108. The lowest BCUT2D eigenvalue weighted by atomic mass is 9.96. The zero-order chi connectivity index (χ0) is 14.5. The van der Waals surface area contributed by atoms with Crippen molar-refractivity contribution < 1.29 is 4.79 Å². The molecule has 4 heteroatoms. The lowest BCUT2D eigenvalue weighted by molar-refractivity contribution is 0.0511. The summed E-state index contributed by atoms with van der Waals surface area (Å²) in [6, 6.07) is 2.51. The van der Waals surface area contributed by atoms with Crippen molar-refractivity contribution in [2.24, 2.45) is 0 Å². The van der Waals surface area contributed by atoms with E-state index in [0.717, 1.165) is 31.5 Å². The Hall–Kier alpha value is -1.58. The topological polar surface area (TPSA) is 45.2 Å². The number of nitrogens with zero attached hydrogens (tertiary/aromatic N) is 2. The number of likely N-dealkylation sites (tertiary alicyclic amines) is 1. The first-order chi connectivity index (χ1) is 9.65. The van der Waals surface area contributed by atoms with Gasteiger partial charge in [0, 0.05) is 31.0 Å². The summed E-state index contributed by atoms with van der Waals surface area (Å²) in [7, 11) is 0. The van der Waals surface area contributed by atoms with Gasteiger partial charge in [-0.15, -0.1) is 0 Å². The number of piperidine rings is 1. The van der Waals surface area contributed by atoms with Gasteiger partial charge in [-0.25, -0.2) is 0 Å². The van der Waals surface area contributed by atoms with E-state index in [9.17, 15) is 4.79 Å². The number of hydrogen-bond donors (Lipinski definition) is 1. The van der Waals surface area contributed by atoms with E-state index in [1.54, 1.807) is 12.4 Å². The van der Waals surface area contributed by atoms with E-state index in [4.69, 9.17) is 0 Å². The van der Waals surface area contributed by atoms with E-state index in [1.165, 1.54) is 6.42 Å². The van der Waals surface area contributed by atoms with E-state index < -0.39 is 0 Å². The Kier molecular flexibility index (Phi) is 4.99. The third-order valence-corrected chi connectivity index (χ3v) is 4.04. The van der Waals surface area contributed by atoms with Gasteiger partial charge in [-0.2, -0.15) is 0 Å². The largest absolute Gasteiger partial charge is 0.384 e. The number of hydrogen-bond acceptors (Lipinski definition) is 3. The lowest BCUT2D eigenvalue weighted by Gasteiger charge is -2.39. The molecule has 1 fully saturated rings. The van der Waals surface area contributed by atoms with Crippen LogP contribution >= 0.6 is 0 Å². The van der Waals surface area contributed by atoms with Crippen LogP contribution in [0.1, 0.15) is 56.8 Å². The molecule has 0 aromatic carbocycles. The molecule has 1 aliphatic rings. The highest BCUT2D eigenvalue weighted by molar-refractivity contribution is 5.99. The molecule has 0 radical (unpaired) electrons. The molecule has 110 valence electrons. The molecule has 1 amide bonds. The zero-order valence-corrected chi connectivity index (χ0v) is 12.7. The van der Waals surface area contributed by atoms with Crippen molar-refractivity contribution in [3.63, 3.8) is 0 Å². The molecule has 1 saturated heterocycles. The lowest BCUT2D eigenvalue weighted by Crippen LogP contribution is -2.47. The molecule has 2 heterocycles. The summed E-state index contributed by atoms with van der Waals surface area (Å²) in [5.74, 6) is 0.108. The van der Waals surface area contributed by atoms with Gasteiger partial charge in [0.05, 0.1) is 11.3 Å². The van der Waals surface area contributed by atoms with E-state index in [-0.39, 0.29) is 5.91 Å². The van der Waals surface area contributed by atoms with Crippen LogP contribution in [0.5, 0.6) is 0 Å². The summed E-state index contributed by atoms with van der Waals surface area (Å²) in [5.41, 5.74) is 1.60. The summed E-state index contributed by atoms with van der Waals surface area (Å²) in [5, 5.41) is 3.33. The second kappa shape index (κ2) is 6.73.